The Labute approximate surface area is 108 Å². The number of imidazole rings is 1. The third-order valence-electron chi connectivity index (χ3n) is 3.51. The summed E-state index contributed by atoms with van der Waals surface area (Å²) in [4.78, 5) is 8.01. The van der Waals surface area contributed by atoms with E-state index in [4.69, 9.17) is 0 Å². The molecule has 1 aromatic carbocycles. The molecular formula is C15H21N3. The molecule has 0 radical (unpaired) electrons. The highest BCUT2D eigenvalue weighted by Crippen LogP contribution is 2.19. The van der Waals surface area contributed by atoms with Gasteiger partial charge in [-0.3, -0.25) is 0 Å². The standard InChI is InChI=1S/C15H21N3/c1-2-3-15-17-13-7-4-11(10-14(13)18-15)8-9-16-12-5-6-12/h4,7,10,12,16H,2-3,5-6,8-9H2,1H3,(H,17,18). The summed E-state index contributed by atoms with van der Waals surface area (Å²) in [5, 5.41) is 3.55. The molecule has 0 atom stereocenters. The van der Waals surface area contributed by atoms with Gasteiger partial charge in [-0.15, -0.1) is 0 Å². The van der Waals surface area contributed by atoms with Gasteiger partial charge < -0.3 is 10.3 Å². The molecule has 0 amide bonds. The molecule has 1 heterocycles. The van der Waals surface area contributed by atoms with Crippen LogP contribution in [-0.2, 0) is 12.8 Å². The summed E-state index contributed by atoms with van der Waals surface area (Å²) in [6, 6.07) is 7.39. The predicted molar refractivity (Wildman–Crippen MR) is 74.8 cm³/mol. The van der Waals surface area contributed by atoms with Gasteiger partial charge in [-0.1, -0.05) is 13.0 Å². The minimum Gasteiger partial charge on any atom is -0.342 e. The van der Waals surface area contributed by atoms with Crippen LogP contribution in [0.25, 0.3) is 11.0 Å². The van der Waals surface area contributed by atoms with E-state index in [1.807, 2.05) is 0 Å². The van der Waals surface area contributed by atoms with Gasteiger partial charge in [0.2, 0.25) is 0 Å². The molecule has 1 aromatic heterocycles. The van der Waals surface area contributed by atoms with Crippen molar-refractivity contribution in [1.29, 1.82) is 0 Å². The Hall–Kier alpha value is -1.35. The zero-order valence-corrected chi connectivity index (χ0v) is 11.0. The van der Waals surface area contributed by atoms with Crippen molar-refractivity contribution in [3.8, 4) is 0 Å². The van der Waals surface area contributed by atoms with E-state index >= 15 is 0 Å². The van der Waals surface area contributed by atoms with Crippen LogP contribution in [0.1, 0.15) is 37.6 Å². The average molecular weight is 243 g/mol. The van der Waals surface area contributed by atoms with Gasteiger partial charge in [-0.25, -0.2) is 4.98 Å². The number of benzene rings is 1. The highest BCUT2D eigenvalue weighted by atomic mass is 14.9. The number of H-pyrrole nitrogens is 1. The molecule has 1 aliphatic carbocycles. The third-order valence-corrected chi connectivity index (χ3v) is 3.51. The molecule has 1 fully saturated rings. The minimum atomic E-state index is 0.803. The molecule has 3 rings (SSSR count). The van der Waals surface area contributed by atoms with E-state index in [1.165, 1.54) is 23.9 Å². The largest absolute Gasteiger partial charge is 0.342 e. The van der Waals surface area contributed by atoms with E-state index in [9.17, 15) is 0 Å². The first-order chi connectivity index (χ1) is 8.85. The zero-order valence-electron chi connectivity index (χ0n) is 11.0. The summed E-state index contributed by atoms with van der Waals surface area (Å²) in [6.07, 6.45) is 6.00. The summed E-state index contributed by atoms with van der Waals surface area (Å²) in [7, 11) is 0. The van der Waals surface area contributed by atoms with Gasteiger partial charge in [0.05, 0.1) is 11.0 Å². The first kappa shape index (κ1) is 11.7. The Kier molecular flexibility index (Phi) is 3.33. The molecule has 3 nitrogen and oxygen atoms in total. The number of nitrogens with zero attached hydrogens (tertiary/aromatic N) is 1. The second kappa shape index (κ2) is 5.11. The Bertz CT molecular complexity index is 526. The van der Waals surface area contributed by atoms with Crippen molar-refractivity contribution in [3.05, 3.63) is 29.6 Å². The van der Waals surface area contributed by atoms with Crippen molar-refractivity contribution in [2.24, 2.45) is 0 Å². The summed E-state index contributed by atoms with van der Waals surface area (Å²) in [5.74, 6) is 1.11. The molecule has 2 N–H and O–H groups in total. The van der Waals surface area contributed by atoms with Crippen LogP contribution in [0.4, 0.5) is 0 Å². The fourth-order valence-electron chi connectivity index (χ4n) is 2.33. The van der Waals surface area contributed by atoms with Crippen molar-refractivity contribution < 1.29 is 0 Å². The predicted octanol–water partition coefficient (Wildman–Crippen LogP) is 2.81. The van der Waals surface area contributed by atoms with E-state index < -0.39 is 0 Å². The van der Waals surface area contributed by atoms with E-state index in [0.717, 1.165) is 43.2 Å². The number of fused-ring (bicyclic) bond motifs is 1. The summed E-state index contributed by atoms with van der Waals surface area (Å²) in [5.41, 5.74) is 3.67. The monoisotopic (exact) mass is 243 g/mol. The topological polar surface area (TPSA) is 40.7 Å². The SMILES string of the molecule is CCCc1nc2ccc(CCNC3CC3)cc2[nH]1. The Morgan fingerprint density at radius 3 is 3.00 bits per heavy atom. The molecule has 2 aromatic rings. The number of rotatable bonds is 6. The number of aryl methyl sites for hydroxylation is 1. The van der Waals surface area contributed by atoms with Gasteiger partial charge in [0, 0.05) is 12.5 Å². The number of nitrogens with one attached hydrogen (secondary N) is 2. The summed E-state index contributed by atoms with van der Waals surface area (Å²) in [6.45, 7) is 3.27. The highest BCUT2D eigenvalue weighted by molar-refractivity contribution is 5.75. The van der Waals surface area contributed by atoms with Crippen LogP contribution >= 0.6 is 0 Å². The van der Waals surface area contributed by atoms with Gasteiger partial charge in [0.25, 0.3) is 0 Å². The molecule has 1 aliphatic rings. The van der Waals surface area contributed by atoms with Crippen LogP contribution < -0.4 is 5.32 Å². The van der Waals surface area contributed by atoms with Crippen molar-refractivity contribution in [2.45, 2.75) is 45.1 Å². The van der Waals surface area contributed by atoms with Gasteiger partial charge in [-0.2, -0.15) is 0 Å². The zero-order chi connectivity index (χ0) is 12.4. The molecule has 0 spiro atoms. The van der Waals surface area contributed by atoms with E-state index in [-0.39, 0.29) is 0 Å². The smallest absolute Gasteiger partial charge is 0.107 e. The van der Waals surface area contributed by atoms with Crippen molar-refractivity contribution in [3.63, 3.8) is 0 Å². The summed E-state index contributed by atoms with van der Waals surface area (Å²) >= 11 is 0. The molecule has 18 heavy (non-hydrogen) atoms. The molecule has 1 saturated carbocycles. The first-order valence-corrected chi connectivity index (χ1v) is 7.06. The second-order valence-electron chi connectivity index (χ2n) is 5.26. The molecular weight excluding hydrogens is 222 g/mol. The van der Waals surface area contributed by atoms with Crippen LogP contribution in [0, 0.1) is 0 Å². The fourth-order valence-corrected chi connectivity index (χ4v) is 2.33. The number of hydrogen-bond donors (Lipinski definition) is 2. The molecule has 3 heteroatoms. The number of aromatic amines is 1. The van der Waals surface area contributed by atoms with Crippen LogP contribution in [0.5, 0.6) is 0 Å². The quantitative estimate of drug-likeness (QED) is 0.819. The van der Waals surface area contributed by atoms with Crippen molar-refractivity contribution in [1.82, 2.24) is 15.3 Å². The van der Waals surface area contributed by atoms with E-state index in [1.54, 1.807) is 0 Å². The molecule has 0 aliphatic heterocycles. The lowest BCUT2D eigenvalue weighted by atomic mass is 10.1. The molecule has 96 valence electrons. The van der Waals surface area contributed by atoms with Gasteiger partial charge >= 0.3 is 0 Å². The normalized spacial score (nSPS) is 15.4. The average Bonchev–Trinajstić information content (AvgIpc) is 3.09. The van der Waals surface area contributed by atoms with Gasteiger partial charge in [0.1, 0.15) is 5.82 Å². The van der Waals surface area contributed by atoms with E-state index in [2.05, 4.69) is 40.4 Å². The Morgan fingerprint density at radius 2 is 2.22 bits per heavy atom. The number of hydrogen-bond acceptors (Lipinski definition) is 2. The minimum absolute atomic E-state index is 0.803. The van der Waals surface area contributed by atoms with Gasteiger partial charge in [-0.05, 0) is 49.9 Å². The number of aromatic nitrogens is 2. The highest BCUT2D eigenvalue weighted by Gasteiger charge is 2.19. The molecule has 0 saturated heterocycles. The maximum Gasteiger partial charge on any atom is 0.107 e. The maximum atomic E-state index is 4.59. The van der Waals surface area contributed by atoms with Crippen LogP contribution in [-0.4, -0.2) is 22.6 Å². The maximum absolute atomic E-state index is 4.59. The lowest BCUT2D eigenvalue weighted by Crippen LogP contribution is -2.19. The molecule has 0 bridgehead atoms. The fraction of sp³-hybridized carbons (Fsp3) is 0.533. The van der Waals surface area contributed by atoms with Crippen LogP contribution in [0.3, 0.4) is 0 Å². The Morgan fingerprint density at radius 1 is 1.33 bits per heavy atom. The lowest BCUT2D eigenvalue weighted by molar-refractivity contribution is 0.682. The van der Waals surface area contributed by atoms with E-state index in [0.29, 0.717) is 0 Å². The van der Waals surface area contributed by atoms with Crippen LogP contribution in [0.15, 0.2) is 18.2 Å². The van der Waals surface area contributed by atoms with Crippen molar-refractivity contribution in [2.75, 3.05) is 6.54 Å². The van der Waals surface area contributed by atoms with Crippen molar-refractivity contribution >= 4 is 11.0 Å². The lowest BCUT2D eigenvalue weighted by Gasteiger charge is -2.02. The van der Waals surface area contributed by atoms with Gasteiger partial charge in [0.15, 0.2) is 0 Å². The first-order valence-electron chi connectivity index (χ1n) is 7.06. The summed E-state index contributed by atoms with van der Waals surface area (Å²) < 4.78 is 0. The second-order valence-corrected chi connectivity index (χ2v) is 5.26. The molecule has 0 unspecified atom stereocenters. The third kappa shape index (κ3) is 2.72. The van der Waals surface area contributed by atoms with Crippen LogP contribution in [0.2, 0.25) is 0 Å². The Balaban J connectivity index is 1.68.